The van der Waals surface area contributed by atoms with Crippen molar-refractivity contribution >= 4 is 21.6 Å². The molecule has 1 fully saturated rings. The monoisotopic (exact) mass is 502 g/mol. The molecule has 3 aliphatic rings. The van der Waals surface area contributed by atoms with Gasteiger partial charge < -0.3 is 14.5 Å². The van der Waals surface area contributed by atoms with Crippen molar-refractivity contribution in [2.75, 3.05) is 26.3 Å². The molecule has 178 valence electrons. The number of nitrogens with zero attached hydrogens (tertiary/aromatic N) is 3. The zero-order valence-corrected chi connectivity index (χ0v) is 20.2. The predicted octanol–water partition coefficient (Wildman–Crippen LogP) is 3.38. The number of morpholine rings is 1. The molecule has 0 radical (unpaired) electrons. The lowest BCUT2D eigenvalue weighted by Gasteiger charge is -2.26. The lowest BCUT2D eigenvalue weighted by Crippen LogP contribution is -2.40. The van der Waals surface area contributed by atoms with E-state index in [-0.39, 0.29) is 34.5 Å². The molecule has 9 nitrogen and oxygen atoms in total. The first-order valence-electron chi connectivity index (χ1n) is 10.7. The Balaban J connectivity index is 1.54. The third-order valence-corrected chi connectivity index (χ3v) is 8.17. The summed E-state index contributed by atoms with van der Waals surface area (Å²) in [5.41, 5.74) is 2.51. The molecule has 0 unspecified atom stereocenters. The van der Waals surface area contributed by atoms with Crippen molar-refractivity contribution in [1.29, 1.82) is 0 Å². The fourth-order valence-corrected chi connectivity index (χ4v) is 5.83. The van der Waals surface area contributed by atoms with Crippen LogP contribution in [0.25, 0.3) is 17.1 Å². The van der Waals surface area contributed by atoms with Gasteiger partial charge in [-0.1, -0.05) is 29.8 Å². The highest BCUT2D eigenvalue weighted by molar-refractivity contribution is 7.89. The number of ether oxygens (including phenoxy) is 2. The maximum absolute atomic E-state index is 12.9. The van der Waals surface area contributed by atoms with Crippen LogP contribution in [-0.2, 0) is 21.8 Å². The van der Waals surface area contributed by atoms with Crippen molar-refractivity contribution in [2.24, 2.45) is 7.05 Å². The van der Waals surface area contributed by atoms with Gasteiger partial charge in [-0.15, -0.1) is 0 Å². The second kappa shape index (κ2) is 8.62. The van der Waals surface area contributed by atoms with Crippen LogP contribution in [0.15, 0.2) is 58.2 Å². The summed E-state index contributed by atoms with van der Waals surface area (Å²) in [6, 6.07) is 13.8. The van der Waals surface area contributed by atoms with Gasteiger partial charge in [0.05, 0.1) is 40.2 Å². The number of sulfonamides is 1. The summed E-state index contributed by atoms with van der Waals surface area (Å²) in [6.07, 6.45) is 0. The van der Waals surface area contributed by atoms with Crippen molar-refractivity contribution in [1.82, 2.24) is 18.7 Å². The van der Waals surface area contributed by atoms with Crippen LogP contribution in [0.2, 0.25) is 5.02 Å². The summed E-state index contributed by atoms with van der Waals surface area (Å²) in [5, 5.41) is 0.0852. The zero-order valence-electron chi connectivity index (χ0n) is 18.6. The summed E-state index contributed by atoms with van der Waals surface area (Å²) >= 11 is 6.43. The van der Waals surface area contributed by atoms with Gasteiger partial charge in [0, 0.05) is 20.1 Å². The Kier molecular flexibility index (Phi) is 5.76. The average Bonchev–Trinajstić information content (AvgIpc) is 3.28. The normalized spacial score (nSPS) is 15.1. The lowest BCUT2D eigenvalue weighted by atomic mass is 10.2. The number of nitrogens with one attached hydrogen (secondary N) is 1. The van der Waals surface area contributed by atoms with E-state index in [9.17, 15) is 13.2 Å². The van der Waals surface area contributed by atoms with Gasteiger partial charge in [-0.3, -0.25) is 9.48 Å². The Labute approximate surface area is 201 Å². The summed E-state index contributed by atoms with van der Waals surface area (Å²) in [7, 11) is -1.82. The van der Waals surface area contributed by atoms with E-state index in [2.05, 4.69) is 4.98 Å². The van der Waals surface area contributed by atoms with Crippen molar-refractivity contribution in [3.8, 4) is 28.6 Å². The van der Waals surface area contributed by atoms with Crippen molar-refractivity contribution in [3.05, 3.63) is 69.6 Å². The third-order valence-electron chi connectivity index (χ3n) is 5.98. The van der Waals surface area contributed by atoms with Crippen LogP contribution in [-0.4, -0.2) is 53.4 Å². The first-order chi connectivity index (χ1) is 16.3. The van der Waals surface area contributed by atoms with Crippen LogP contribution in [0.5, 0.6) is 11.5 Å². The van der Waals surface area contributed by atoms with Crippen LogP contribution in [0.3, 0.4) is 0 Å². The minimum Gasteiger partial charge on any atom is -0.448 e. The molecule has 0 aliphatic carbocycles. The number of hydrogen-bond donors (Lipinski definition) is 1. The molecule has 3 heterocycles. The van der Waals surface area contributed by atoms with Crippen molar-refractivity contribution in [3.63, 3.8) is 0 Å². The van der Waals surface area contributed by atoms with E-state index in [1.165, 1.54) is 22.5 Å². The van der Waals surface area contributed by atoms with Crippen LogP contribution in [0, 0.1) is 6.92 Å². The second-order valence-electron chi connectivity index (χ2n) is 7.97. The number of halogens is 1. The molecule has 0 saturated carbocycles. The van der Waals surface area contributed by atoms with Gasteiger partial charge in [0.15, 0.2) is 0 Å². The first-order valence-corrected chi connectivity index (χ1v) is 12.5. The summed E-state index contributed by atoms with van der Waals surface area (Å²) in [4.78, 5) is 15.8. The highest BCUT2D eigenvalue weighted by Crippen LogP contribution is 2.39. The standard InChI is InChI=1S/C23H23ClN4O5S/c1-15-20-21(28(26(15)2)16-6-4-3-5-7-16)22(23(29)25-20)33-19-9-8-17(14-18(19)24)34(30,31)27-10-12-32-13-11-27/h3-9,14H,10-13H2,1-2H3,(H,25,29). The van der Waals surface area contributed by atoms with Gasteiger partial charge >= 0.3 is 0 Å². The van der Waals surface area contributed by atoms with Gasteiger partial charge in [-0.25, -0.2) is 13.1 Å². The van der Waals surface area contributed by atoms with Crippen LogP contribution < -0.4 is 10.3 Å². The first kappa shape index (κ1) is 22.7. The Morgan fingerprint density at radius 2 is 1.79 bits per heavy atom. The Hall–Kier alpha value is -3.05. The number of benzene rings is 2. The zero-order chi connectivity index (χ0) is 24.0. The van der Waals surface area contributed by atoms with Gasteiger partial charge in [-0.05, 0) is 37.3 Å². The molecule has 1 N–H and O–H groups in total. The Morgan fingerprint density at radius 1 is 1.09 bits per heavy atom. The molecule has 1 saturated heterocycles. The number of aromatic nitrogens is 3. The maximum Gasteiger partial charge on any atom is 0.293 e. The Morgan fingerprint density at radius 3 is 2.47 bits per heavy atom. The number of rotatable bonds is 5. The molecule has 2 aromatic rings. The molecule has 5 rings (SSSR count). The number of H-pyrrole nitrogens is 1. The van der Waals surface area contributed by atoms with Gasteiger partial charge in [-0.2, -0.15) is 4.31 Å². The van der Waals surface area contributed by atoms with E-state index in [4.69, 9.17) is 21.1 Å². The quantitative estimate of drug-likeness (QED) is 0.451. The fourth-order valence-electron chi connectivity index (χ4n) is 4.11. The lowest BCUT2D eigenvalue weighted by molar-refractivity contribution is 0.0730. The highest BCUT2D eigenvalue weighted by Gasteiger charge is 2.30. The summed E-state index contributed by atoms with van der Waals surface area (Å²) in [6.45, 7) is 3.17. The van der Waals surface area contributed by atoms with Crippen molar-refractivity contribution < 1.29 is 17.9 Å². The van der Waals surface area contributed by atoms with Gasteiger partial charge in [0.2, 0.25) is 15.8 Å². The van der Waals surface area contributed by atoms with E-state index in [1.807, 2.05) is 53.7 Å². The molecule has 0 bridgehead atoms. The molecule has 0 amide bonds. The minimum absolute atomic E-state index is 0.0585. The van der Waals surface area contributed by atoms with E-state index < -0.39 is 15.6 Å². The van der Waals surface area contributed by atoms with E-state index in [0.717, 1.165) is 11.4 Å². The van der Waals surface area contributed by atoms with Crippen LogP contribution in [0.4, 0.5) is 0 Å². The molecule has 3 aliphatic heterocycles. The number of fused-ring (bicyclic) bond motifs is 1. The number of aromatic amines is 1. The van der Waals surface area contributed by atoms with Crippen LogP contribution in [0.1, 0.15) is 5.69 Å². The molecule has 0 aromatic heterocycles. The van der Waals surface area contributed by atoms with E-state index >= 15 is 0 Å². The Bertz CT molecular complexity index is 1480. The molecule has 34 heavy (non-hydrogen) atoms. The minimum atomic E-state index is -3.71. The second-order valence-corrected chi connectivity index (χ2v) is 10.3. The molecule has 0 spiro atoms. The molecular weight excluding hydrogens is 480 g/mol. The highest BCUT2D eigenvalue weighted by atomic mass is 35.5. The molecular formula is C23H23ClN4O5S. The number of hydrogen-bond acceptors (Lipinski definition) is 5. The van der Waals surface area contributed by atoms with Gasteiger partial charge in [0.1, 0.15) is 11.4 Å². The third kappa shape index (κ3) is 3.72. The topological polar surface area (TPSA) is 98.6 Å². The smallest absolute Gasteiger partial charge is 0.293 e. The molecule has 0 atom stereocenters. The summed E-state index contributed by atoms with van der Waals surface area (Å²) < 4.78 is 42.3. The number of para-hydroxylation sites is 1. The largest absolute Gasteiger partial charge is 0.448 e. The SMILES string of the molecule is Cc1c2[nH]c(=O)c(Oc3ccc(S(=O)(=O)N4CCOCC4)cc3Cl)c-2n(-c2ccccc2)n1C. The van der Waals surface area contributed by atoms with E-state index in [0.29, 0.717) is 24.6 Å². The molecule has 11 heteroatoms. The fraction of sp³-hybridized carbons (Fsp3) is 0.261. The van der Waals surface area contributed by atoms with Gasteiger partial charge in [0.25, 0.3) is 5.56 Å². The predicted molar refractivity (Wildman–Crippen MR) is 128 cm³/mol. The van der Waals surface area contributed by atoms with Crippen molar-refractivity contribution in [2.45, 2.75) is 11.8 Å². The molecule has 2 aromatic carbocycles. The van der Waals surface area contributed by atoms with E-state index in [1.54, 1.807) is 0 Å². The summed E-state index contributed by atoms with van der Waals surface area (Å²) in [5.74, 6) is 0.259. The van der Waals surface area contributed by atoms with Crippen LogP contribution >= 0.6 is 11.6 Å². The average molecular weight is 503 g/mol. The maximum atomic E-state index is 12.9.